The number of amides is 1. The number of aliphatic carboxylic acids is 1. The molecule has 1 amide bonds. The summed E-state index contributed by atoms with van der Waals surface area (Å²) in [6.45, 7) is 2.18. The lowest BCUT2D eigenvalue weighted by molar-refractivity contribution is -0.142. The number of anilines is 1. The Kier molecular flexibility index (Phi) is 9.45. The van der Waals surface area contributed by atoms with E-state index >= 15 is 0 Å². The zero-order valence-electron chi connectivity index (χ0n) is 25.0. The first kappa shape index (κ1) is 31.3. The molecule has 1 unspecified atom stereocenters. The molecule has 5 rings (SSSR count). The lowest BCUT2D eigenvalue weighted by Crippen LogP contribution is -2.62. The normalized spacial score (nSPS) is 19.3. The first-order valence-electron chi connectivity index (χ1n) is 14.8. The molecule has 234 valence electrons. The van der Waals surface area contributed by atoms with Crippen LogP contribution in [0.15, 0.2) is 71.6 Å². The van der Waals surface area contributed by atoms with E-state index in [1.165, 1.54) is 6.07 Å². The second kappa shape index (κ2) is 13.3. The monoisotopic (exact) mass is 621 g/mol. The fraction of sp³-hybridized carbons (Fsp3) is 0.394. The average Bonchev–Trinajstić information content (AvgIpc) is 3.60. The molecule has 0 radical (unpaired) electrons. The van der Waals surface area contributed by atoms with Crippen molar-refractivity contribution in [2.24, 2.45) is 0 Å². The lowest BCUT2D eigenvalue weighted by Gasteiger charge is -2.36. The number of carboxylic acid groups (broad SMARTS) is 1. The van der Waals surface area contributed by atoms with Crippen LogP contribution in [0.25, 0.3) is 11.1 Å². The summed E-state index contributed by atoms with van der Waals surface area (Å²) in [5.41, 5.74) is 3.04. The van der Waals surface area contributed by atoms with Crippen LogP contribution in [0.5, 0.6) is 11.5 Å². The second-order valence-electron chi connectivity index (χ2n) is 11.3. The molecule has 3 aromatic carbocycles. The van der Waals surface area contributed by atoms with E-state index in [2.05, 4.69) is 15.5 Å². The van der Waals surface area contributed by atoms with Crippen molar-refractivity contribution < 1.29 is 32.6 Å². The first-order valence-corrected chi connectivity index (χ1v) is 16.3. The number of nitrogens with zero attached hydrogens (tertiary/aromatic N) is 1. The van der Waals surface area contributed by atoms with E-state index in [1.807, 2.05) is 36.4 Å². The quantitative estimate of drug-likeness (QED) is 0.293. The molecule has 3 N–H and O–H groups in total. The molecule has 0 saturated carbocycles. The van der Waals surface area contributed by atoms with Gasteiger partial charge in [-0.15, -0.1) is 0 Å². The molecule has 44 heavy (non-hydrogen) atoms. The van der Waals surface area contributed by atoms with Gasteiger partial charge in [0.15, 0.2) is 14.6 Å². The van der Waals surface area contributed by atoms with Crippen molar-refractivity contribution in [2.45, 2.75) is 47.8 Å². The van der Waals surface area contributed by atoms with Crippen molar-refractivity contribution in [3.63, 3.8) is 0 Å². The summed E-state index contributed by atoms with van der Waals surface area (Å²) in [6.07, 6.45) is 2.61. The van der Waals surface area contributed by atoms with E-state index in [-0.39, 0.29) is 24.3 Å². The van der Waals surface area contributed by atoms with Crippen LogP contribution in [-0.4, -0.2) is 76.6 Å². The van der Waals surface area contributed by atoms with Crippen molar-refractivity contribution in [3.05, 3.63) is 72.3 Å². The minimum atomic E-state index is -4.19. The molecule has 2 atom stereocenters. The number of piperidine rings is 1. The fourth-order valence-corrected chi connectivity index (χ4v) is 8.13. The van der Waals surface area contributed by atoms with E-state index in [1.54, 1.807) is 38.5 Å². The van der Waals surface area contributed by atoms with Crippen molar-refractivity contribution >= 4 is 27.4 Å². The van der Waals surface area contributed by atoms with Gasteiger partial charge in [-0.05, 0) is 73.7 Å². The van der Waals surface area contributed by atoms with Crippen molar-refractivity contribution in [3.8, 4) is 22.6 Å². The number of carbonyl (C=O) groups is 2. The average molecular weight is 622 g/mol. The zero-order valence-corrected chi connectivity index (χ0v) is 25.9. The molecule has 2 fully saturated rings. The summed E-state index contributed by atoms with van der Waals surface area (Å²) < 4.78 is 37.6. The number of methoxy groups -OCH3 is 2. The van der Waals surface area contributed by atoms with Crippen LogP contribution in [0.3, 0.4) is 0 Å². The van der Waals surface area contributed by atoms with Gasteiger partial charge in [0, 0.05) is 31.7 Å². The summed E-state index contributed by atoms with van der Waals surface area (Å²) in [6, 6.07) is 18.1. The van der Waals surface area contributed by atoms with Gasteiger partial charge >= 0.3 is 5.97 Å². The highest BCUT2D eigenvalue weighted by molar-refractivity contribution is 7.93. The number of hydrogen-bond acceptors (Lipinski definition) is 8. The third kappa shape index (κ3) is 6.11. The maximum Gasteiger partial charge on any atom is 0.326 e. The number of nitrogens with one attached hydrogen (secondary N) is 2. The van der Waals surface area contributed by atoms with Gasteiger partial charge in [0.2, 0.25) is 5.91 Å². The van der Waals surface area contributed by atoms with Crippen molar-refractivity contribution in [2.75, 3.05) is 45.3 Å². The molecular formula is C33H39N3O7S. The van der Waals surface area contributed by atoms with Gasteiger partial charge in [0.05, 0.1) is 24.7 Å². The van der Waals surface area contributed by atoms with Gasteiger partial charge in [-0.2, -0.15) is 0 Å². The predicted molar refractivity (Wildman–Crippen MR) is 168 cm³/mol. The third-order valence-corrected chi connectivity index (χ3v) is 11.0. The molecule has 0 aromatic heterocycles. The Bertz CT molecular complexity index is 1570. The van der Waals surface area contributed by atoms with E-state index < -0.39 is 32.5 Å². The second-order valence-corrected chi connectivity index (χ2v) is 13.5. The molecule has 11 heteroatoms. The predicted octanol–water partition coefficient (Wildman–Crippen LogP) is 3.68. The van der Waals surface area contributed by atoms with E-state index in [0.717, 1.165) is 42.7 Å². The molecule has 2 aliphatic heterocycles. The number of hydrogen-bond donors (Lipinski definition) is 3. The van der Waals surface area contributed by atoms with Crippen LogP contribution in [0.1, 0.15) is 31.2 Å². The van der Waals surface area contributed by atoms with E-state index in [0.29, 0.717) is 30.0 Å². The van der Waals surface area contributed by atoms with E-state index in [9.17, 15) is 23.1 Å². The lowest BCUT2D eigenvalue weighted by atomic mass is 9.96. The van der Waals surface area contributed by atoms with Gasteiger partial charge in [0.1, 0.15) is 17.5 Å². The van der Waals surface area contributed by atoms with Gasteiger partial charge in [0.25, 0.3) is 0 Å². The first-order chi connectivity index (χ1) is 21.2. The van der Waals surface area contributed by atoms with Crippen molar-refractivity contribution in [1.82, 2.24) is 10.6 Å². The summed E-state index contributed by atoms with van der Waals surface area (Å²) in [5, 5.41) is 15.8. The Morgan fingerprint density at radius 1 is 0.977 bits per heavy atom. The van der Waals surface area contributed by atoms with Crippen LogP contribution in [0.4, 0.5) is 5.69 Å². The number of rotatable bonds is 11. The van der Waals surface area contributed by atoms with Crippen LogP contribution in [0, 0.1) is 0 Å². The van der Waals surface area contributed by atoms with Gasteiger partial charge in [-0.25, -0.2) is 13.2 Å². The van der Waals surface area contributed by atoms with Gasteiger partial charge in [-0.3, -0.25) is 4.79 Å². The standard InChI is InChI=1S/C33H39N3O7S/c1-42-28-10-6-11-29(43-2)30(28)24-14-12-23(13-15-24)20-27(31(37)38)35-32(39)33(16-7-17-34-22-33)44(40,41)26-9-5-8-25(21-26)36-18-3-4-19-36/h5-6,8-15,21,27,34H,3-4,7,16-20,22H2,1-2H3,(H,35,39)(H,37,38)/t27-,33?/m0/s1. The van der Waals surface area contributed by atoms with Crippen LogP contribution >= 0.6 is 0 Å². The molecule has 0 aliphatic carbocycles. The number of sulfone groups is 1. The molecule has 0 bridgehead atoms. The molecule has 0 spiro atoms. The number of ether oxygens (including phenoxy) is 2. The van der Waals surface area contributed by atoms with Gasteiger partial charge < -0.3 is 30.1 Å². The fourth-order valence-electron chi connectivity index (χ4n) is 6.14. The van der Waals surface area contributed by atoms with Crippen LogP contribution < -0.4 is 25.0 Å². The maximum atomic E-state index is 14.2. The summed E-state index contributed by atoms with van der Waals surface area (Å²) in [4.78, 5) is 28.5. The summed E-state index contributed by atoms with van der Waals surface area (Å²) >= 11 is 0. The Morgan fingerprint density at radius 3 is 2.23 bits per heavy atom. The molecule has 2 saturated heterocycles. The minimum Gasteiger partial charge on any atom is -0.496 e. The Balaban J connectivity index is 1.39. The molecule has 3 aromatic rings. The van der Waals surface area contributed by atoms with Crippen molar-refractivity contribution in [1.29, 1.82) is 0 Å². The summed E-state index contributed by atoms with van der Waals surface area (Å²) in [7, 11) is -1.04. The molecule has 2 aliphatic rings. The van der Waals surface area contributed by atoms with Gasteiger partial charge in [-0.1, -0.05) is 36.4 Å². The summed E-state index contributed by atoms with van der Waals surface area (Å²) in [5.74, 6) is -0.794. The highest BCUT2D eigenvalue weighted by Gasteiger charge is 2.52. The smallest absolute Gasteiger partial charge is 0.326 e. The van der Waals surface area contributed by atoms with E-state index in [4.69, 9.17) is 9.47 Å². The topological polar surface area (TPSA) is 134 Å². The zero-order chi connectivity index (χ0) is 31.3. The highest BCUT2D eigenvalue weighted by atomic mass is 32.2. The Morgan fingerprint density at radius 2 is 1.64 bits per heavy atom. The third-order valence-electron chi connectivity index (χ3n) is 8.59. The minimum absolute atomic E-state index is 0.0294. The largest absolute Gasteiger partial charge is 0.496 e. The Labute approximate surface area is 258 Å². The number of carbonyl (C=O) groups excluding carboxylic acids is 1. The highest BCUT2D eigenvalue weighted by Crippen LogP contribution is 2.38. The number of carboxylic acids is 1. The molecular weight excluding hydrogens is 582 g/mol. The number of benzene rings is 3. The molecule has 2 heterocycles. The SMILES string of the molecule is COc1cccc(OC)c1-c1ccc(C[C@H](NC(=O)C2(S(=O)(=O)c3cccc(N4CCCC4)c3)CCCNC2)C(=O)O)cc1. The Hall–Kier alpha value is -4.09. The maximum absolute atomic E-state index is 14.2. The van der Waals surface area contributed by atoms with Crippen LogP contribution in [-0.2, 0) is 25.8 Å². The molecule has 10 nitrogen and oxygen atoms in total. The van der Waals surface area contributed by atoms with Crippen LogP contribution in [0.2, 0.25) is 0 Å².